The molecular formula is C23H13Br2N5O2S. The number of halogens is 2. The van der Waals surface area contributed by atoms with Crippen LogP contribution < -0.4 is 11.1 Å². The van der Waals surface area contributed by atoms with Crippen molar-refractivity contribution < 1.29 is 9.59 Å². The average Bonchev–Trinajstić information content (AvgIpc) is 3.10. The van der Waals surface area contributed by atoms with Crippen molar-refractivity contribution >= 4 is 54.8 Å². The fourth-order valence-corrected chi connectivity index (χ4v) is 6.57. The van der Waals surface area contributed by atoms with Gasteiger partial charge in [-0.2, -0.15) is 15.8 Å². The fourth-order valence-electron chi connectivity index (χ4n) is 4.64. The van der Waals surface area contributed by atoms with E-state index in [0.717, 1.165) is 8.95 Å². The molecule has 0 bridgehead atoms. The zero-order valence-electron chi connectivity index (χ0n) is 16.7. The molecule has 2 amide bonds. The van der Waals surface area contributed by atoms with E-state index in [1.807, 2.05) is 18.2 Å². The lowest BCUT2D eigenvalue weighted by atomic mass is 9.55. The van der Waals surface area contributed by atoms with E-state index in [1.54, 1.807) is 48.5 Å². The van der Waals surface area contributed by atoms with Gasteiger partial charge in [-0.1, -0.05) is 56.1 Å². The Morgan fingerprint density at radius 1 is 0.909 bits per heavy atom. The summed E-state index contributed by atoms with van der Waals surface area (Å²) in [6.45, 7) is 0. The van der Waals surface area contributed by atoms with Crippen LogP contribution in [0.3, 0.4) is 0 Å². The van der Waals surface area contributed by atoms with Crippen LogP contribution in [0.15, 0.2) is 68.7 Å². The van der Waals surface area contributed by atoms with Crippen molar-refractivity contribution in [3.63, 3.8) is 0 Å². The minimum absolute atomic E-state index is 0.0777. The largest absolute Gasteiger partial charge is 0.399 e. The molecule has 0 aromatic heterocycles. The number of hydrogen-bond acceptors (Lipinski definition) is 7. The van der Waals surface area contributed by atoms with Gasteiger partial charge in [0.1, 0.15) is 4.75 Å². The molecule has 33 heavy (non-hydrogen) atoms. The number of rotatable bonds is 2. The maximum absolute atomic E-state index is 13.6. The van der Waals surface area contributed by atoms with Crippen LogP contribution in [0.25, 0.3) is 0 Å². The Labute approximate surface area is 210 Å². The third-order valence-corrected chi connectivity index (χ3v) is 8.35. The predicted molar refractivity (Wildman–Crippen MR) is 128 cm³/mol. The number of carbonyl (C=O) groups excluding carboxylic acids is 2. The summed E-state index contributed by atoms with van der Waals surface area (Å²) in [5.41, 5.74) is 5.09. The Morgan fingerprint density at radius 3 is 1.85 bits per heavy atom. The molecule has 4 rings (SSSR count). The van der Waals surface area contributed by atoms with Crippen molar-refractivity contribution in [2.45, 2.75) is 16.6 Å². The van der Waals surface area contributed by atoms with Crippen LogP contribution in [-0.2, 0) is 4.79 Å². The van der Waals surface area contributed by atoms with Gasteiger partial charge < -0.3 is 5.73 Å². The van der Waals surface area contributed by atoms with Crippen LogP contribution in [0, 0.1) is 39.4 Å². The summed E-state index contributed by atoms with van der Waals surface area (Å²) < 4.78 is -0.169. The molecule has 0 saturated carbocycles. The van der Waals surface area contributed by atoms with E-state index < -0.39 is 33.1 Å². The number of allylic oxidation sites excluding steroid dienone is 2. The Bertz CT molecular complexity index is 1320. The molecule has 1 aliphatic carbocycles. The summed E-state index contributed by atoms with van der Waals surface area (Å²) in [5.74, 6) is -2.79. The van der Waals surface area contributed by atoms with Crippen molar-refractivity contribution in [3.8, 4) is 18.2 Å². The minimum Gasteiger partial charge on any atom is -0.399 e. The number of carbonyl (C=O) groups is 2. The van der Waals surface area contributed by atoms with Gasteiger partial charge in [-0.25, -0.2) is 0 Å². The van der Waals surface area contributed by atoms with Crippen LogP contribution in [0.5, 0.6) is 0 Å². The van der Waals surface area contributed by atoms with E-state index in [4.69, 9.17) is 5.73 Å². The maximum Gasteiger partial charge on any atom is 0.286 e. The second-order valence-corrected chi connectivity index (χ2v) is 10.7. The van der Waals surface area contributed by atoms with Crippen molar-refractivity contribution in [2.75, 3.05) is 0 Å². The van der Waals surface area contributed by atoms with Gasteiger partial charge in [-0.3, -0.25) is 14.9 Å². The van der Waals surface area contributed by atoms with Crippen molar-refractivity contribution in [2.24, 2.45) is 11.1 Å². The Kier molecular flexibility index (Phi) is 5.84. The smallest absolute Gasteiger partial charge is 0.286 e. The number of nitrogens with one attached hydrogen (secondary N) is 1. The molecule has 0 radical (unpaired) electrons. The Hall–Kier alpha value is -3.10. The first-order valence-corrected chi connectivity index (χ1v) is 11.9. The van der Waals surface area contributed by atoms with Crippen molar-refractivity contribution in [1.82, 2.24) is 5.32 Å². The van der Waals surface area contributed by atoms with E-state index >= 15 is 0 Å². The zero-order chi connectivity index (χ0) is 24.0. The van der Waals surface area contributed by atoms with Gasteiger partial charge in [-0.15, -0.1) is 0 Å². The van der Waals surface area contributed by atoms with Crippen LogP contribution >= 0.6 is 43.6 Å². The Morgan fingerprint density at radius 2 is 1.42 bits per heavy atom. The molecule has 162 valence electrons. The summed E-state index contributed by atoms with van der Waals surface area (Å²) in [4.78, 5) is 26.2. The van der Waals surface area contributed by atoms with Crippen molar-refractivity contribution in [1.29, 1.82) is 15.8 Å². The highest BCUT2D eigenvalue weighted by atomic mass is 79.9. The summed E-state index contributed by atoms with van der Waals surface area (Å²) in [5, 5.41) is 32.3. The average molecular weight is 583 g/mol. The maximum atomic E-state index is 13.6. The van der Waals surface area contributed by atoms with Crippen LogP contribution in [-0.4, -0.2) is 15.9 Å². The van der Waals surface area contributed by atoms with Gasteiger partial charge >= 0.3 is 0 Å². The van der Waals surface area contributed by atoms with Gasteiger partial charge in [-0.05, 0) is 47.2 Å². The molecule has 3 atom stereocenters. The molecule has 1 aliphatic heterocycles. The molecule has 7 nitrogen and oxygen atoms in total. The lowest BCUT2D eigenvalue weighted by Gasteiger charge is -2.49. The molecule has 1 saturated heterocycles. The molecule has 2 aromatic rings. The van der Waals surface area contributed by atoms with E-state index in [-0.39, 0.29) is 11.3 Å². The molecule has 1 spiro atoms. The van der Waals surface area contributed by atoms with Crippen molar-refractivity contribution in [3.05, 3.63) is 79.9 Å². The quantitative estimate of drug-likeness (QED) is 0.527. The highest BCUT2D eigenvalue weighted by Gasteiger charge is 2.70. The topological polar surface area (TPSA) is 144 Å². The number of imide groups is 1. The van der Waals surface area contributed by atoms with Gasteiger partial charge in [0.15, 0.2) is 5.41 Å². The molecule has 1 fully saturated rings. The molecule has 1 heterocycles. The highest BCUT2D eigenvalue weighted by molar-refractivity contribution is 9.10. The summed E-state index contributed by atoms with van der Waals surface area (Å²) >= 11 is 7.44. The number of hydrogen-bond donors (Lipinski definition) is 2. The predicted octanol–water partition coefficient (Wildman–Crippen LogP) is 4.58. The third-order valence-electron chi connectivity index (χ3n) is 6.01. The number of benzene rings is 2. The molecule has 2 aliphatic rings. The minimum atomic E-state index is -2.06. The zero-order valence-corrected chi connectivity index (χ0v) is 20.7. The second kappa shape index (κ2) is 8.35. The first-order chi connectivity index (χ1) is 15.7. The van der Waals surface area contributed by atoms with Crippen LogP contribution in [0.2, 0.25) is 0 Å². The standard InChI is InChI=1S/C23H13Br2N5O2S/c24-14-5-1-12(2-6-14)17-16(9-26)19(29)22(10-27,11-28)18(13-3-7-15(25)8-4-13)23(17)20(31)30-21(32)33-23/h1-8,17-18H,29H2,(H,30,31,32). The normalized spacial score (nSPS) is 25.8. The van der Waals surface area contributed by atoms with E-state index in [0.29, 0.717) is 22.9 Å². The summed E-state index contributed by atoms with van der Waals surface area (Å²) in [6.07, 6.45) is 0. The molecule has 3 unspecified atom stereocenters. The number of nitriles is 3. The van der Waals surface area contributed by atoms with Gasteiger partial charge in [0.25, 0.3) is 5.24 Å². The van der Waals surface area contributed by atoms with E-state index in [2.05, 4.69) is 37.2 Å². The fraction of sp³-hybridized carbons (Fsp3) is 0.174. The summed E-state index contributed by atoms with van der Waals surface area (Å²) in [6, 6.07) is 19.8. The SMILES string of the molecule is N#CC1=C(N)C(C#N)(C#N)C(c2ccc(Br)cc2)C2(SC(=O)NC2=O)C1c1ccc(Br)cc1. The number of nitrogens with zero attached hydrogens (tertiary/aromatic N) is 3. The van der Waals surface area contributed by atoms with Gasteiger partial charge in [0, 0.05) is 20.8 Å². The van der Waals surface area contributed by atoms with Gasteiger partial charge in [0.2, 0.25) is 5.91 Å². The number of thioether (sulfide) groups is 1. The second-order valence-electron chi connectivity index (χ2n) is 7.58. The molecule has 3 N–H and O–H groups in total. The lowest BCUT2D eigenvalue weighted by molar-refractivity contribution is -0.123. The third kappa shape index (κ3) is 3.28. The summed E-state index contributed by atoms with van der Waals surface area (Å²) in [7, 11) is 0. The molecule has 2 aromatic carbocycles. The number of amides is 2. The monoisotopic (exact) mass is 581 g/mol. The van der Waals surface area contributed by atoms with Crippen LogP contribution in [0.1, 0.15) is 23.0 Å². The first kappa shape index (κ1) is 23.1. The Balaban J connectivity index is 2.17. The van der Waals surface area contributed by atoms with Gasteiger partial charge in [0.05, 0.1) is 29.5 Å². The lowest BCUT2D eigenvalue weighted by Crippen LogP contribution is -2.57. The highest BCUT2D eigenvalue weighted by Crippen LogP contribution is 2.64. The first-order valence-electron chi connectivity index (χ1n) is 9.53. The van der Waals surface area contributed by atoms with Crippen LogP contribution in [0.4, 0.5) is 4.79 Å². The van der Waals surface area contributed by atoms with E-state index in [1.165, 1.54) is 0 Å². The van der Waals surface area contributed by atoms with E-state index in [9.17, 15) is 25.4 Å². The number of nitrogens with two attached hydrogens (primary N) is 1. The molecule has 10 heteroatoms. The molecular weight excluding hydrogens is 570 g/mol.